The molecule has 2 rings (SSSR count). The van der Waals surface area contributed by atoms with E-state index in [4.69, 9.17) is 5.73 Å². The number of anilines is 1. The highest BCUT2D eigenvalue weighted by molar-refractivity contribution is 5.98. The number of nitrogen functional groups attached to an aromatic ring is 1. The number of rotatable bonds is 6. The number of amides is 1. The van der Waals surface area contributed by atoms with E-state index in [0.29, 0.717) is 11.3 Å². The van der Waals surface area contributed by atoms with Crippen molar-refractivity contribution >= 4 is 11.6 Å². The Morgan fingerprint density at radius 2 is 2.06 bits per heavy atom. The van der Waals surface area contributed by atoms with Gasteiger partial charge in [0.2, 0.25) is 0 Å². The largest absolute Gasteiger partial charge is 0.398 e. The minimum absolute atomic E-state index is 0.0606. The highest BCUT2D eigenvalue weighted by atomic mass is 16.1. The number of unbranched alkanes of at least 4 members (excludes halogenated alkanes) is 1. The Kier molecular flexibility index (Phi) is 4.02. The lowest BCUT2D eigenvalue weighted by molar-refractivity contribution is 0.0954. The predicted molar refractivity (Wildman–Crippen MR) is 69.8 cm³/mol. The first-order valence-electron chi connectivity index (χ1n) is 6.40. The summed E-state index contributed by atoms with van der Waals surface area (Å²) >= 11 is 0. The van der Waals surface area contributed by atoms with Crippen molar-refractivity contribution in [3.8, 4) is 0 Å². The molecule has 0 aliphatic heterocycles. The third-order valence-corrected chi connectivity index (χ3v) is 3.23. The van der Waals surface area contributed by atoms with Crippen molar-refractivity contribution in [1.29, 1.82) is 0 Å². The summed E-state index contributed by atoms with van der Waals surface area (Å²) in [7, 11) is 0. The summed E-state index contributed by atoms with van der Waals surface area (Å²) in [6, 6.07) is 7.18. The van der Waals surface area contributed by atoms with E-state index in [-0.39, 0.29) is 5.91 Å². The summed E-state index contributed by atoms with van der Waals surface area (Å²) in [5, 5.41) is 2.91. The zero-order valence-electron chi connectivity index (χ0n) is 10.1. The summed E-state index contributed by atoms with van der Waals surface area (Å²) in [6.45, 7) is 0.750. The Labute approximate surface area is 102 Å². The monoisotopic (exact) mass is 232 g/mol. The smallest absolute Gasteiger partial charge is 0.253 e. The van der Waals surface area contributed by atoms with E-state index in [2.05, 4.69) is 5.32 Å². The average molecular weight is 232 g/mol. The second-order valence-corrected chi connectivity index (χ2v) is 4.78. The van der Waals surface area contributed by atoms with Crippen molar-refractivity contribution in [3.63, 3.8) is 0 Å². The molecule has 0 bridgehead atoms. The third kappa shape index (κ3) is 3.77. The molecule has 1 aromatic rings. The van der Waals surface area contributed by atoms with Crippen molar-refractivity contribution in [2.45, 2.75) is 32.1 Å². The molecule has 1 aromatic carbocycles. The normalized spacial score (nSPS) is 14.6. The number of benzene rings is 1. The molecule has 3 nitrogen and oxygen atoms in total. The van der Waals surface area contributed by atoms with Crippen LogP contribution in [0.3, 0.4) is 0 Å². The van der Waals surface area contributed by atoms with Crippen LogP contribution in [0.25, 0.3) is 0 Å². The highest BCUT2D eigenvalue weighted by Gasteiger charge is 2.19. The van der Waals surface area contributed by atoms with Crippen LogP contribution in [0.2, 0.25) is 0 Å². The maximum Gasteiger partial charge on any atom is 0.253 e. The zero-order chi connectivity index (χ0) is 12.1. The van der Waals surface area contributed by atoms with Gasteiger partial charge in [-0.3, -0.25) is 4.79 Å². The molecule has 0 atom stereocenters. The SMILES string of the molecule is Nc1ccccc1C(=O)NCCCCC1CC1. The number of hydrogen-bond donors (Lipinski definition) is 2. The van der Waals surface area contributed by atoms with Crippen LogP contribution < -0.4 is 11.1 Å². The summed E-state index contributed by atoms with van der Waals surface area (Å²) < 4.78 is 0. The van der Waals surface area contributed by atoms with Crippen LogP contribution in [-0.2, 0) is 0 Å². The van der Waals surface area contributed by atoms with Gasteiger partial charge in [0.15, 0.2) is 0 Å². The van der Waals surface area contributed by atoms with Crippen LogP contribution in [0.5, 0.6) is 0 Å². The van der Waals surface area contributed by atoms with Gasteiger partial charge in [-0.2, -0.15) is 0 Å². The fourth-order valence-corrected chi connectivity index (χ4v) is 1.97. The second kappa shape index (κ2) is 5.71. The van der Waals surface area contributed by atoms with Gasteiger partial charge in [0, 0.05) is 12.2 Å². The van der Waals surface area contributed by atoms with E-state index >= 15 is 0 Å². The number of carbonyl (C=O) groups is 1. The van der Waals surface area contributed by atoms with Crippen molar-refractivity contribution < 1.29 is 4.79 Å². The Balaban J connectivity index is 1.67. The highest BCUT2D eigenvalue weighted by Crippen LogP contribution is 2.33. The molecule has 1 saturated carbocycles. The van der Waals surface area contributed by atoms with Gasteiger partial charge in [0.1, 0.15) is 0 Å². The predicted octanol–water partition coefficient (Wildman–Crippen LogP) is 2.58. The Morgan fingerprint density at radius 1 is 1.29 bits per heavy atom. The molecule has 0 aromatic heterocycles. The summed E-state index contributed by atoms with van der Waals surface area (Å²) in [6.07, 6.45) is 6.42. The molecule has 1 aliphatic rings. The van der Waals surface area contributed by atoms with Gasteiger partial charge in [0.25, 0.3) is 5.91 Å². The Morgan fingerprint density at radius 3 is 2.76 bits per heavy atom. The maximum absolute atomic E-state index is 11.8. The lowest BCUT2D eigenvalue weighted by atomic mass is 10.1. The molecule has 92 valence electrons. The molecular weight excluding hydrogens is 212 g/mol. The Bertz CT molecular complexity index is 386. The van der Waals surface area contributed by atoms with E-state index < -0.39 is 0 Å². The summed E-state index contributed by atoms with van der Waals surface area (Å²) in [5.74, 6) is 0.921. The van der Waals surface area contributed by atoms with Crippen LogP contribution >= 0.6 is 0 Å². The van der Waals surface area contributed by atoms with Crippen LogP contribution in [0, 0.1) is 5.92 Å². The van der Waals surface area contributed by atoms with Crippen molar-refractivity contribution in [2.24, 2.45) is 5.92 Å². The van der Waals surface area contributed by atoms with Gasteiger partial charge in [-0.15, -0.1) is 0 Å². The van der Waals surface area contributed by atoms with Crippen LogP contribution in [0.4, 0.5) is 5.69 Å². The molecule has 3 heteroatoms. The number of carbonyl (C=O) groups excluding carboxylic acids is 1. The molecule has 0 unspecified atom stereocenters. The summed E-state index contributed by atoms with van der Waals surface area (Å²) in [5.41, 5.74) is 6.86. The third-order valence-electron chi connectivity index (χ3n) is 3.23. The molecule has 0 spiro atoms. The number of nitrogens with one attached hydrogen (secondary N) is 1. The molecule has 1 fully saturated rings. The zero-order valence-corrected chi connectivity index (χ0v) is 10.1. The van der Waals surface area contributed by atoms with E-state index in [1.54, 1.807) is 12.1 Å². The quantitative estimate of drug-likeness (QED) is 0.585. The van der Waals surface area contributed by atoms with Gasteiger partial charge in [-0.05, 0) is 24.5 Å². The summed E-state index contributed by atoms with van der Waals surface area (Å²) in [4.78, 5) is 11.8. The first-order valence-corrected chi connectivity index (χ1v) is 6.40. The van der Waals surface area contributed by atoms with Crippen molar-refractivity contribution in [3.05, 3.63) is 29.8 Å². The van der Waals surface area contributed by atoms with Gasteiger partial charge < -0.3 is 11.1 Å². The molecular formula is C14H20N2O. The topological polar surface area (TPSA) is 55.1 Å². The maximum atomic E-state index is 11.8. The van der Waals surface area contributed by atoms with Crippen LogP contribution in [-0.4, -0.2) is 12.5 Å². The standard InChI is InChI=1S/C14H20N2O/c15-13-7-2-1-6-12(13)14(17)16-10-4-3-5-11-8-9-11/h1-2,6-7,11H,3-5,8-10,15H2,(H,16,17). The Hall–Kier alpha value is -1.51. The molecule has 17 heavy (non-hydrogen) atoms. The molecule has 1 amide bonds. The number of hydrogen-bond acceptors (Lipinski definition) is 2. The lowest BCUT2D eigenvalue weighted by Crippen LogP contribution is -2.25. The van der Waals surface area contributed by atoms with Crippen molar-refractivity contribution in [1.82, 2.24) is 5.32 Å². The van der Waals surface area contributed by atoms with E-state index in [0.717, 1.165) is 18.9 Å². The van der Waals surface area contributed by atoms with Crippen LogP contribution in [0.15, 0.2) is 24.3 Å². The fourth-order valence-electron chi connectivity index (χ4n) is 1.97. The average Bonchev–Trinajstić information content (AvgIpc) is 3.13. The first-order chi connectivity index (χ1) is 8.27. The van der Waals surface area contributed by atoms with Gasteiger partial charge >= 0.3 is 0 Å². The molecule has 0 heterocycles. The van der Waals surface area contributed by atoms with E-state index in [1.165, 1.54) is 25.7 Å². The van der Waals surface area contributed by atoms with Gasteiger partial charge in [0.05, 0.1) is 5.56 Å². The first kappa shape index (κ1) is 12.0. The lowest BCUT2D eigenvalue weighted by Gasteiger charge is -2.07. The molecule has 0 saturated heterocycles. The number of nitrogens with two attached hydrogens (primary N) is 1. The van der Waals surface area contributed by atoms with E-state index in [9.17, 15) is 4.79 Å². The molecule has 3 N–H and O–H groups in total. The number of para-hydroxylation sites is 1. The fraction of sp³-hybridized carbons (Fsp3) is 0.500. The van der Waals surface area contributed by atoms with Gasteiger partial charge in [-0.1, -0.05) is 37.8 Å². The minimum Gasteiger partial charge on any atom is -0.398 e. The van der Waals surface area contributed by atoms with Crippen LogP contribution in [0.1, 0.15) is 42.5 Å². The van der Waals surface area contributed by atoms with Gasteiger partial charge in [-0.25, -0.2) is 0 Å². The van der Waals surface area contributed by atoms with E-state index in [1.807, 2.05) is 12.1 Å². The minimum atomic E-state index is -0.0606. The molecule has 0 radical (unpaired) electrons. The van der Waals surface area contributed by atoms with Crippen molar-refractivity contribution in [2.75, 3.05) is 12.3 Å². The molecule has 1 aliphatic carbocycles. The second-order valence-electron chi connectivity index (χ2n) is 4.78.